The normalized spacial score (nSPS) is 15.3. The molecule has 4 heteroatoms. The number of nitrogens with two attached hydrogens (primary N) is 1. The van der Waals surface area contributed by atoms with E-state index in [-0.39, 0.29) is 6.42 Å². The molecule has 1 nitrogen and oxygen atoms in total. The lowest BCUT2D eigenvalue weighted by Crippen LogP contribution is -2.45. The van der Waals surface area contributed by atoms with Crippen molar-refractivity contribution in [1.82, 2.24) is 0 Å². The van der Waals surface area contributed by atoms with E-state index in [1.807, 2.05) is 30.5 Å². The molecule has 0 aliphatic rings. The quantitative estimate of drug-likeness (QED) is 0.806. The van der Waals surface area contributed by atoms with Crippen LogP contribution in [0.25, 0.3) is 0 Å². The van der Waals surface area contributed by atoms with Crippen molar-refractivity contribution >= 4 is 11.8 Å². The fourth-order valence-corrected chi connectivity index (χ4v) is 1.95. The average molecular weight is 231 g/mol. The van der Waals surface area contributed by atoms with Crippen LogP contribution in [0.3, 0.4) is 0 Å². The Kier molecular flexibility index (Phi) is 4.11. The first-order valence-electron chi connectivity index (χ1n) is 4.66. The standard InChI is InChI=1S/C11H15F2NS/c1-11(14,10(12)13)7-8-5-3-4-6-9(8)15-2/h3-6,10H,7,14H2,1-2H3. The molecule has 0 bridgehead atoms. The Balaban J connectivity index is 2.89. The number of benzene rings is 1. The Morgan fingerprint density at radius 2 is 2.00 bits per heavy atom. The molecule has 1 aromatic rings. The van der Waals surface area contributed by atoms with Gasteiger partial charge in [-0.1, -0.05) is 18.2 Å². The van der Waals surface area contributed by atoms with Gasteiger partial charge in [-0.2, -0.15) is 0 Å². The molecule has 0 radical (unpaired) electrons. The second-order valence-corrected chi connectivity index (χ2v) is 4.64. The summed E-state index contributed by atoms with van der Waals surface area (Å²) >= 11 is 1.55. The SMILES string of the molecule is CSc1ccccc1CC(C)(N)C(F)F. The highest BCUT2D eigenvalue weighted by Gasteiger charge is 2.30. The van der Waals surface area contributed by atoms with Gasteiger partial charge in [-0.15, -0.1) is 11.8 Å². The molecule has 0 spiro atoms. The lowest BCUT2D eigenvalue weighted by molar-refractivity contribution is 0.0636. The summed E-state index contributed by atoms with van der Waals surface area (Å²) in [5.41, 5.74) is 4.99. The van der Waals surface area contributed by atoms with Crippen molar-refractivity contribution in [3.8, 4) is 0 Å². The highest BCUT2D eigenvalue weighted by atomic mass is 32.2. The van der Waals surface area contributed by atoms with E-state index in [1.54, 1.807) is 11.8 Å². The maximum Gasteiger partial charge on any atom is 0.256 e. The monoisotopic (exact) mass is 231 g/mol. The van der Waals surface area contributed by atoms with Crippen LogP contribution in [0.15, 0.2) is 29.2 Å². The highest BCUT2D eigenvalue weighted by molar-refractivity contribution is 7.98. The number of alkyl halides is 2. The number of thioether (sulfide) groups is 1. The average Bonchev–Trinajstić information content (AvgIpc) is 2.18. The first-order valence-corrected chi connectivity index (χ1v) is 5.89. The van der Waals surface area contributed by atoms with Crippen LogP contribution in [0.2, 0.25) is 0 Å². The molecule has 84 valence electrons. The van der Waals surface area contributed by atoms with E-state index in [0.717, 1.165) is 10.5 Å². The van der Waals surface area contributed by atoms with Gasteiger partial charge in [0.05, 0.1) is 5.54 Å². The molecule has 15 heavy (non-hydrogen) atoms. The fraction of sp³-hybridized carbons (Fsp3) is 0.455. The second kappa shape index (κ2) is 4.94. The lowest BCUT2D eigenvalue weighted by Gasteiger charge is -2.24. The maximum absolute atomic E-state index is 12.6. The summed E-state index contributed by atoms with van der Waals surface area (Å²) in [7, 11) is 0. The van der Waals surface area contributed by atoms with E-state index >= 15 is 0 Å². The summed E-state index contributed by atoms with van der Waals surface area (Å²) in [5.74, 6) is 0. The first kappa shape index (κ1) is 12.5. The van der Waals surface area contributed by atoms with Crippen LogP contribution in [0.1, 0.15) is 12.5 Å². The molecular formula is C11H15F2NS. The van der Waals surface area contributed by atoms with Crippen LogP contribution >= 0.6 is 11.8 Å². The molecule has 1 atom stereocenters. The number of rotatable bonds is 4. The lowest BCUT2D eigenvalue weighted by atomic mass is 9.94. The van der Waals surface area contributed by atoms with E-state index in [1.165, 1.54) is 6.92 Å². The zero-order valence-electron chi connectivity index (χ0n) is 8.84. The van der Waals surface area contributed by atoms with Gasteiger partial charge in [-0.3, -0.25) is 0 Å². The summed E-state index contributed by atoms with van der Waals surface area (Å²) in [6, 6.07) is 7.50. The second-order valence-electron chi connectivity index (χ2n) is 3.80. The highest BCUT2D eigenvalue weighted by Crippen LogP contribution is 2.25. The van der Waals surface area contributed by atoms with Crippen LogP contribution in [-0.4, -0.2) is 18.2 Å². The number of halogens is 2. The molecule has 0 saturated carbocycles. The van der Waals surface area contributed by atoms with Crippen molar-refractivity contribution in [1.29, 1.82) is 0 Å². The van der Waals surface area contributed by atoms with Crippen molar-refractivity contribution in [2.75, 3.05) is 6.26 Å². The van der Waals surface area contributed by atoms with Gasteiger partial charge in [-0.25, -0.2) is 8.78 Å². The third-order valence-electron chi connectivity index (χ3n) is 2.26. The summed E-state index contributed by atoms with van der Waals surface area (Å²) in [4.78, 5) is 1.01. The van der Waals surface area contributed by atoms with Crippen molar-refractivity contribution < 1.29 is 8.78 Å². The Bertz CT molecular complexity index is 326. The Morgan fingerprint density at radius 1 is 1.40 bits per heavy atom. The summed E-state index contributed by atoms with van der Waals surface area (Å²) in [6.45, 7) is 1.38. The zero-order chi connectivity index (χ0) is 11.5. The van der Waals surface area contributed by atoms with Gasteiger partial charge in [0.1, 0.15) is 0 Å². The smallest absolute Gasteiger partial charge is 0.256 e. The van der Waals surface area contributed by atoms with Crippen molar-refractivity contribution in [2.45, 2.75) is 30.2 Å². The Labute approximate surface area is 93.1 Å². The van der Waals surface area contributed by atoms with Crippen molar-refractivity contribution in [2.24, 2.45) is 5.73 Å². The fourth-order valence-electron chi connectivity index (χ4n) is 1.34. The Hall–Kier alpha value is -0.610. The molecule has 1 unspecified atom stereocenters. The number of hydrogen-bond acceptors (Lipinski definition) is 2. The van der Waals surface area contributed by atoms with Gasteiger partial charge in [0.2, 0.25) is 0 Å². The third-order valence-corrected chi connectivity index (χ3v) is 3.10. The van der Waals surface area contributed by atoms with Gasteiger partial charge < -0.3 is 5.73 Å². The molecule has 0 fully saturated rings. The van der Waals surface area contributed by atoms with Gasteiger partial charge >= 0.3 is 0 Å². The topological polar surface area (TPSA) is 26.0 Å². The molecule has 0 heterocycles. The van der Waals surface area contributed by atoms with E-state index in [0.29, 0.717) is 0 Å². The van der Waals surface area contributed by atoms with Crippen LogP contribution in [0, 0.1) is 0 Å². The summed E-state index contributed by atoms with van der Waals surface area (Å²) < 4.78 is 25.2. The molecule has 0 aromatic heterocycles. The molecule has 0 aliphatic heterocycles. The Morgan fingerprint density at radius 3 is 2.53 bits per heavy atom. The van der Waals surface area contributed by atoms with Crippen molar-refractivity contribution in [3.05, 3.63) is 29.8 Å². The first-order chi connectivity index (χ1) is 6.97. The van der Waals surface area contributed by atoms with Crippen LogP contribution in [-0.2, 0) is 6.42 Å². The van der Waals surface area contributed by atoms with Gasteiger partial charge in [0.25, 0.3) is 6.43 Å². The number of hydrogen-bond donors (Lipinski definition) is 1. The summed E-state index contributed by atoms with van der Waals surface area (Å²) in [5, 5.41) is 0. The van der Waals surface area contributed by atoms with E-state index in [2.05, 4.69) is 0 Å². The van der Waals surface area contributed by atoms with Gasteiger partial charge in [0.15, 0.2) is 0 Å². The molecule has 0 amide bonds. The minimum Gasteiger partial charge on any atom is -0.320 e. The predicted molar refractivity (Wildman–Crippen MR) is 60.5 cm³/mol. The minimum atomic E-state index is -2.51. The third kappa shape index (κ3) is 3.18. The van der Waals surface area contributed by atoms with E-state index in [4.69, 9.17) is 5.73 Å². The van der Waals surface area contributed by atoms with Crippen LogP contribution < -0.4 is 5.73 Å². The van der Waals surface area contributed by atoms with E-state index in [9.17, 15) is 8.78 Å². The van der Waals surface area contributed by atoms with Crippen LogP contribution in [0.5, 0.6) is 0 Å². The summed E-state index contributed by atoms with van der Waals surface area (Å²) in [6.07, 6.45) is -0.385. The van der Waals surface area contributed by atoms with Gasteiger partial charge in [-0.05, 0) is 31.2 Å². The predicted octanol–water partition coefficient (Wildman–Crippen LogP) is 2.93. The van der Waals surface area contributed by atoms with Gasteiger partial charge in [0, 0.05) is 4.90 Å². The van der Waals surface area contributed by atoms with E-state index < -0.39 is 12.0 Å². The zero-order valence-corrected chi connectivity index (χ0v) is 9.65. The molecule has 0 aliphatic carbocycles. The molecular weight excluding hydrogens is 216 g/mol. The molecule has 0 saturated heterocycles. The van der Waals surface area contributed by atoms with Crippen LogP contribution in [0.4, 0.5) is 8.78 Å². The minimum absolute atomic E-state index is 0.196. The van der Waals surface area contributed by atoms with Crippen molar-refractivity contribution in [3.63, 3.8) is 0 Å². The molecule has 2 N–H and O–H groups in total. The maximum atomic E-state index is 12.6. The largest absolute Gasteiger partial charge is 0.320 e. The molecule has 1 aromatic carbocycles. The molecule has 1 rings (SSSR count).